The monoisotopic (exact) mass is 164 g/mol. The van der Waals surface area contributed by atoms with Crippen molar-refractivity contribution < 1.29 is 9.90 Å². The molecule has 0 bridgehead atoms. The summed E-state index contributed by atoms with van der Waals surface area (Å²) in [6.45, 7) is -0.0419. The van der Waals surface area contributed by atoms with Crippen LogP contribution in [0, 0.1) is 0 Å². The fraction of sp³-hybridized carbons (Fsp3) is 0.250. The summed E-state index contributed by atoms with van der Waals surface area (Å²) in [5, 5.41) is 11.5. The number of rotatable bonds is 1. The normalized spacial score (nSPS) is 14.2. The number of amides is 1. The predicted octanol–water partition coefficient (Wildman–Crippen LogP) is 0.0685. The molecular weight excluding hydrogens is 156 g/mol. The highest BCUT2D eigenvalue weighted by molar-refractivity contribution is 5.98. The second-order valence-electron chi connectivity index (χ2n) is 2.68. The molecule has 0 saturated carbocycles. The molecule has 62 valence electrons. The van der Waals surface area contributed by atoms with Gasteiger partial charge in [-0.15, -0.1) is 0 Å². The number of pyridine rings is 1. The van der Waals surface area contributed by atoms with Crippen molar-refractivity contribution in [2.45, 2.75) is 13.0 Å². The molecule has 4 heteroatoms. The Morgan fingerprint density at radius 1 is 1.67 bits per heavy atom. The smallest absolute Gasteiger partial charge is 0.230 e. The summed E-state index contributed by atoms with van der Waals surface area (Å²) in [4.78, 5) is 14.9. The third-order valence-corrected chi connectivity index (χ3v) is 1.92. The zero-order valence-corrected chi connectivity index (χ0v) is 6.37. The lowest BCUT2D eigenvalue weighted by molar-refractivity contribution is -0.115. The van der Waals surface area contributed by atoms with Gasteiger partial charge in [-0.2, -0.15) is 0 Å². The van der Waals surface area contributed by atoms with Crippen molar-refractivity contribution >= 4 is 11.7 Å². The zero-order chi connectivity index (χ0) is 8.55. The number of aliphatic hydroxyl groups is 1. The molecule has 0 saturated heterocycles. The molecule has 1 aromatic rings. The van der Waals surface area contributed by atoms with E-state index in [0.717, 1.165) is 11.1 Å². The van der Waals surface area contributed by atoms with E-state index in [2.05, 4.69) is 10.3 Å². The van der Waals surface area contributed by atoms with Gasteiger partial charge in [0, 0.05) is 11.8 Å². The van der Waals surface area contributed by atoms with Crippen LogP contribution in [0.5, 0.6) is 0 Å². The maximum atomic E-state index is 10.9. The van der Waals surface area contributed by atoms with E-state index in [-0.39, 0.29) is 12.5 Å². The summed E-state index contributed by atoms with van der Waals surface area (Å²) in [5.74, 6) is 0.532. The number of carbonyl (C=O) groups is 1. The SMILES string of the molecule is O=C1Cc2c(CO)ccnc2N1. The Hall–Kier alpha value is -1.42. The average molecular weight is 164 g/mol. The van der Waals surface area contributed by atoms with Crippen LogP contribution in [0.1, 0.15) is 11.1 Å². The average Bonchev–Trinajstić information content (AvgIpc) is 2.44. The number of fused-ring (bicyclic) bond motifs is 1. The molecular formula is C8H8N2O2. The molecule has 0 spiro atoms. The molecule has 2 heterocycles. The second kappa shape index (κ2) is 2.57. The van der Waals surface area contributed by atoms with E-state index in [1.54, 1.807) is 12.3 Å². The Balaban J connectivity index is 2.51. The van der Waals surface area contributed by atoms with Crippen molar-refractivity contribution in [3.8, 4) is 0 Å². The predicted molar refractivity (Wildman–Crippen MR) is 42.5 cm³/mol. The molecule has 2 rings (SSSR count). The minimum atomic E-state index is -0.0570. The first-order valence-corrected chi connectivity index (χ1v) is 3.68. The van der Waals surface area contributed by atoms with E-state index in [1.807, 2.05) is 0 Å². The summed E-state index contributed by atoms with van der Waals surface area (Å²) < 4.78 is 0. The first-order valence-electron chi connectivity index (χ1n) is 3.68. The molecule has 0 radical (unpaired) electrons. The van der Waals surface area contributed by atoms with Gasteiger partial charge < -0.3 is 10.4 Å². The van der Waals surface area contributed by atoms with Gasteiger partial charge in [0.1, 0.15) is 5.82 Å². The largest absolute Gasteiger partial charge is 0.392 e. The highest BCUT2D eigenvalue weighted by Crippen LogP contribution is 2.23. The van der Waals surface area contributed by atoms with E-state index in [4.69, 9.17) is 5.11 Å². The lowest BCUT2D eigenvalue weighted by Crippen LogP contribution is -2.04. The second-order valence-corrected chi connectivity index (χ2v) is 2.68. The van der Waals surface area contributed by atoms with Gasteiger partial charge in [-0.1, -0.05) is 0 Å². The van der Waals surface area contributed by atoms with Crippen LogP contribution in [-0.4, -0.2) is 16.0 Å². The maximum absolute atomic E-state index is 10.9. The molecule has 0 aliphatic carbocycles. The first-order chi connectivity index (χ1) is 5.81. The fourth-order valence-electron chi connectivity index (χ4n) is 1.32. The van der Waals surface area contributed by atoms with Gasteiger partial charge in [-0.25, -0.2) is 4.98 Å². The van der Waals surface area contributed by atoms with Crippen molar-refractivity contribution in [2.24, 2.45) is 0 Å². The van der Waals surface area contributed by atoms with Crippen LogP contribution in [0.3, 0.4) is 0 Å². The van der Waals surface area contributed by atoms with Crippen molar-refractivity contribution in [1.82, 2.24) is 4.98 Å². The molecule has 0 aromatic carbocycles. The van der Waals surface area contributed by atoms with Gasteiger partial charge in [-0.3, -0.25) is 4.79 Å². The topological polar surface area (TPSA) is 62.2 Å². The lowest BCUT2D eigenvalue weighted by Gasteiger charge is -2.01. The number of hydrogen-bond acceptors (Lipinski definition) is 3. The fourth-order valence-corrected chi connectivity index (χ4v) is 1.32. The molecule has 1 aliphatic rings. The van der Waals surface area contributed by atoms with Crippen molar-refractivity contribution in [2.75, 3.05) is 5.32 Å². The Morgan fingerprint density at radius 2 is 2.50 bits per heavy atom. The number of nitrogens with zero attached hydrogens (tertiary/aromatic N) is 1. The summed E-state index contributed by atoms with van der Waals surface area (Å²) >= 11 is 0. The molecule has 4 nitrogen and oxygen atoms in total. The number of aliphatic hydroxyl groups excluding tert-OH is 1. The van der Waals surface area contributed by atoms with E-state index in [1.165, 1.54) is 0 Å². The number of nitrogens with one attached hydrogen (secondary N) is 1. The van der Waals surface area contributed by atoms with Gasteiger partial charge in [0.2, 0.25) is 5.91 Å². The molecule has 1 aromatic heterocycles. The Labute approximate surface area is 69.2 Å². The summed E-state index contributed by atoms with van der Waals surface area (Å²) in [6.07, 6.45) is 1.91. The third-order valence-electron chi connectivity index (χ3n) is 1.92. The van der Waals surface area contributed by atoms with Crippen LogP contribution in [0.15, 0.2) is 12.3 Å². The highest BCUT2D eigenvalue weighted by Gasteiger charge is 2.20. The standard InChI is InChI=1S/C8H8N2O2/c11-4-5-1-2-9-8-6(5)3-7(12)10-8/h1-2,11H,3-4H2,(H,9,10,12). The number of carbonyl (C=O) groups excluding carboxylic acids is 1. The van der Waals surface area contributed by atoms with E-state index in [9.17, 15) is 4.79 Å². The van der Waals surface area contributed by atoms with E-state index < -0.39 is 0 Å². The Bertz CT molecular complexity index is 336. The first kappa shape index (κ1) is 7.24. The van der Waals surface area contributed by atoms with Crippen molar-refractivity contribution in [1.29, 1.82) is 0 Å². The van der Waals surface area contributed by atoms with Gasteiger partial charge in [0.25, 0.3) is 0 Å². The van der Waals surface area contributed by atoms with E-state index in [0.29, 0.717) is 12.2 Å². The Kier molecular flexibility index (Phi) is 1.55. The van der Waals surface area contributed by atoms with Gasteiger partial charge in [-0.05, 0) is 11.6 Å². The zero-order valence-electron chi connectivity index (χ0n) is 6.37. The molecule has 0 unspecified atom stereocenters. The summed E-state index contributed by atoms with van der Waals surface area (Å²) in [7, 11) is 0. The number of anilines is 1. The highest BCUT2D eigenvalue weighted by atomic mass is 16.3. The molecule has 1 amide bonds. The summed E-state index contributed by atoms with van der Waals surface area (Å²) in [5.41, 5.74) is 1.60. The number of aromatic nitrogens is 1. The Morgan fingerprint density at radius 3 is 3.25 bits per heavy atom. The quantitative estimate of drug-likeness (QED) is 0.617. The van der Waals surface area contributed by atoms with Crippen LogP contribution in [0.4, 0.5) is 5.82 Å². The number of hydrogen-bond donors (Lipinski definition) is 2. The summed E-state index contributed by atoms with van der Waals surface area (Å²) in [6, 6.07) is 1.72. The van der Waals surface area contributed by atoms with Crippen molar-refractivity contribution in [3.63, 3.8) is 0 Å². The van der Waals surface area contributed by atoms with Crippen LogP contribution in [0.2, 0.25) is 0 Å². The molecule has 0 atom stereocenters. The van der Waals surface area contributed by atoms with Crippen LogP contribution in [0.25, 0.3) is 0 Å². The molecule has 12 heavy (non-hydrogen) atoms. The van der Waals surface area contributed by atoms with Crippen LogP contribution in [-0.2, 0) is 17.8 Å². The van der Waals surface area contributed by atoms with Gasteiger partial charge >= 0.3 is 0 Å². The van der Waals surface area contributed by atoms with E-state index >= 15 is 0 Å². The van der Waals surface area contributed by atoms with Gasteiger partial charge in [0.15, 0.2) is 0 Å². The van der Waals surface area contributed by atoms with Crippen molar-refractivity contribution in [3.05, 3.63) is 23.4 Å². The minimum Gasteiger partial charge on any atom is -0.392 e. The van der Waals surface area contributed by atoms with Crippen LogP contribution < -0.4 is 5.32 Å². The lowest BCUT2D eigenvalue weighted by atomic mass is 10.1. The maximum Gasteiger partial charge on any atom is 0.230 e. The molecule has 1 aliphatic heterocycles. The molecule has 0 fully saturated rings. The molecule has 2 N–H and O–H groups in total. The van der Waals surface area contributed by atoms with Crippen LogP contribution >= 0.6 is 0 Å². The third kappa shape index (κ3) is 0.967. The minimum absolute atomic E-state index is 0.0419. The van der Waals surface area contributed by atoms with Gasteiger partial charge in [0.05, 0.1) is 13.0 Å².